The third kappa shape index (κ3) is 3.15. The number of carbonyl (C=O) groups excluding carboxylic acids is 1. The normalized spacial score (nSPS) is 19.7. The summed E-state index contributed by atoms with van der Waals surface area (Å²) in [4.78, 5) is 17.7. The minimum absolute atomic E-state index is 0.0826. The number of thioether (sulfide) groups is 1. The zero-order valence-electron chi connectivity index (χ0n) is 11.6. The summed E-state index contributed by atoms with van der Waals surface area (Å²) >= 11 is 3.55. The van der Waals surface area contributed by atoms with E-state index in [0.717, 1.165) is 27.8 Å². The molecular formula is C14H21NOS2. The predicted octanol–water partition coefficient (Wildman–Crippen LogP) is 4.33. The molecule has 1 aliphatic carbocycles. The lowest BCUT2D eigenvalue weighted by atomic mass is 9.78. The number of fused-ring (bicyclic) bond motifs is 1. The molecule has 1 aromatic rings. The predicted molar refractivity (Wildman–Crippen MR) is 79.6 cm³/mol. The van der Waals surface area contributed by atoms with Gasteiger partial charge < -0.3 is 0 Å². The van der Waals surface area contributed by atoms with Crippen molar-refractivity contribution in [1.29, 1.82) is 0 Å². The molecule has 0 bridgehead atoms. The minimum Gasteiger partial charge on any atom is -0.293 e. The fourth-order valence-corrected chi connectivity index (χ4v) is 4.14. The summed E-state index contributed by atoms with van der Waals surface area (Å²) in [6, 6.07) is 0. The van der Waals surface area contributed by atoms with Gasteiger partial charge >= 0.3 is 0 Å². The highest BCUT2D eigenvalue weighted by Gasteiger charge is 2.33. The SMILES string of the molecule is CCC(C)SCc1nc2c(s1)C(=O)CC(C)(C)C2. The molecule has 100 valence electrons. The van der Waals surface area contributed by atoms with Crippen molar-refractivity contribution in [2.45, 2.75) is 58.0 Å². The molecular weight excluding hydrogens is 262 g/mol. The van der Waals surface area contributed by atoms with Gasteiger partial charge in [-0.25, -0.2) is 4.98 Å². The molecule has 0 spiro atoms. The fraction of sp³-hybridized carbons (Fsp3) is 0.714. The van der Waals surface area contributed by atoms with Crippen molar-refractivity contribution in [3.8, 4) is 0 Å². The molecule has 2 nitrogen and oxygen atoms in total. The Balaban J connectivity index is 2.11. The highest BCUT2D eigenvalue weighted by Crippen LogP contribution is 2.37. The average Bonchev–Trinajstić information content (AvgIpc) is 2.67. The second-order valence-corrected chi connectivity index (χ2v) is 8.36. The molecule has 1 atom stereocenters. The molecule has 0 saturated heterocycles. The van der Waals surface area contributed by atoms with E-state index in [4.69, 9.17) is 0 Å². The third-order valence-electron chi connectivity index (χ3n) is 3.35. The van der Waals surface area contributed by atoms with Crippen molar-refractivity contribution < 1.29 is 4.79 Å². The first-order valence-electron chi connectivity index (χ1n) is 6.54. The summed E-state index contributed by atoms with van der Waals surface area (Å²) in [6.07, 6.45) is 2.79. The number of carbonyl (C=O) groups is 1. The first-order valence-corrected chi connectivity index (χ1v) is 8.41. The van der Waals surface area contributed by atoms with Crippen molar-refractivity contribution >= 4 is 28.9 Å². The zero-order chi connectivity index (χ0) is 13.3. The zero-order valence-corrected chi connectivity index (χ0v) is 13.2. The van der Waals surface area contributed by atoms with Crippen molar-refractivity contribution in [1.82, 2.24) is 4.98 Å². The van der Waals surface area contributed by atoms with Gasteiger partial charge in [-0.1, -0.05) is 27.7 Å². The van der Waals surface area contributed by atoms with Crippen LogP contribution in [0.1, 0.15) is 60.9 Å². The monoisotopic (exact) mass is 283 g/mol. The molecule has 0 amide bonds. The smallest absolute Gasteiger partial charge is 0.175 e. The molecule has 0 aliphatic heterocycles. The molecule has 1 unspecified atom stereocenters. The fourth-order valence-electron chi connectivity index (χ4n) is 2.16. The number of rotatable bonds is 4. The topological polar surface area (TPSA) is 30.0 Å². The van der Waals surface area contributed by atoms with Crippen LogP contribution in [0.2, 0.25) is 0 Å². The molecule has 2 rings (SSSR count). The molecule has 1 aromatic heterocycles. The van der Waals surface area contributed by atoms with Crippen LogP contribution < -0.4 is 0 Å². The lowest BCUT2D eigenvalue weighted by Crippen LogP contribution is -2.25. The summed E-state index contributed by atoms with van der Waals surface area (Å²) in [5.41, 5.74) is 1.13. The van der Waals surface area contributed by atoms with Crippen molar-refractivity contribution in [2.75, 3.05) is 0 Å². The van der Waals surface area contributed by atoms with Crippen LogP contribution in [0.25, 0.3) is 0 Å². The van der Waals surface area contributed by atoms with Gasteiger partial charge in [0.1, 0.15) is 5.01 Å². The van der Waals surface area contributed by atoms with Crippen LogP contribution >= 0.6 is 23.1 Å². The van der Waals surface area contributed by atoms with E-state index >= 15 is 0 Å². The van der Waals surface area contributed by atoms with Crippen molar-refractivity contribution in [2.24, 2.45) is 5.41 Å². The van der Waals surface area contributed by atoms with E-state index in [0.29, 0.717) is 17.5 Å². The molecule has 1 heterocycles. The Morgan fingerprint density at radius 1 is 1.44 bits per heavy atom. The van der Waals surface area contributed by atoms with Crippen LogP contribution in [0.4, 0.5) is 0 Å². The van der Waals surface area contributed by atoms with Crippen LogP contribution in [0, 0.1) is 5.41 Å². The Bertz CT molecular complexity index is 451. The van der Waals surface area contributed by atoms with E-state index in [1.165, 1.54) is 6.42 Å². The summed E-state index contributed by atoms with van der Waals surface area (Å²) in [6.45, 7) is 8.75. The highest BCUT2D eigenvalue weighted by atomic mass is 32.2. The maximum absolute atomic E-state index is 12.1. The summed E-state index contributed by atoms with van der Waals surface area (Å²) < 4.78 is 0. The number of thiazole rings is 1. The van der Waals surface area contributed by atoms with Crippen molar-refractivity contribution in [3.05, 3.63) is 15.6 Å². The molecule has 0 radical (unpaired) electrons. The highest BCUT2D eigenvalue weighted by molar-refractivity contribution is 7.99. The van der Waals surface area contributed by atoms with Crippen LogP contribution in [0.5, 0.6) is 0 Å². The quantitative estimate of drug-likeness (QED) is 0.824. The average molecular weight is 283 g/mol. The maximum atomic E-state index is 12.1. The Labute approximate surface area is 118 Å². The molecule has 4 heteroatoms. The van der Waals surface area contributed by atoms with Gasteiger partial charge in [0.25, 0.3) is 0 Å². The maximum Gasteiger partial charge on any atom is 0.175 e. The molecule has 1 aliphatic rings. The van der Waals surface area contributed by atoms with Gasteiger partial charge in [-0.2, -0.15) is 11.8 Å². The van der Waals surface area contributed by atoms with Gasteiger partial charge in [0, 0.05) is 17.4 Å². The number of hydrogen-bond acceptors (Lipinski definition) is 4. The van der Waals surface area contributed by atoms with E-state index in [-0.39, 0.29) is 5.41 Å². The first kappa shape index (κ1) is 14.1. The third-order valence-corrected chi connectivity index (χ3v) is 6.01. The number of hydrogen-bond donors (Lipinski definition) is 0. The van der Waals surface area contributed by atoms with Crippen molar-refractivity contribution in [3.63, 3.8) is 0 Å². The molecule has 0 fully saturated rings. The Kier molecular flexibility index (Phi) is 4.17. The number of Topliss-reactive ketones (excluding diaryl/α,β-unsaturated/α-hetero) is 1. The first-order chi connectivity index (χ1) is 8.41. The van der Waals surface area contributed by atoms with E-state index in [9.17, 15) is 4.79 Å². The van der Waals surface area contributed by atoms with E-state index < -0.39 is 0 Å². The van der Waals surface area contributed by atoms with E-state index in [2.05, 4.69) is 32.7 Å². The summed E-state index contributed by atoms with van der Waals surface area (Å²) in [5, 5.41) is 1.79. The lowest BCUT2D eigenvalue weighted by Gasteiger charge is -2.26. The van der Waals surface area contributed by atoms with Gasteiger partial charge in [0.05, 0.1) is 10.6 Å². The van der Waals surface area contributed by atoms with Crippen LogP contribution in [0.15, 0.2) is 0 Å². The molecule has 0 N–H and O–H groups in total. The number of aromatic nitrogens is 1. The Morgan fingerprint density at radius 3 is 2.83 bits per heavy atom. The second-order valence-electron chi connectivity index (χ2n) is 5.85. The Morgan fingerprint density at radius 2 is 2.17 bits per heavy atom. The summed E-state index contributed by atoms with van der Waals surface area (Å²) in [7, 11) is 0. The van der Waals surface area contributed by atoms with Crippen LogP contribution in [-0.4, -0.2) is 16.0 Å². The van der Waals surface area contributed by atoms with E-state index in [1.54, 1.807) is 11.3 Å². The number of ketones is 1. The van der Waals surface area contributed by atoms with E-state index in [1.807, 2.05) is 11.8 Å². The molecule has 0 saturated carbocycles. The lowest BCUT2D eigenvalue weighted by molar-refractivity contribution is 0.0916. The molecule has 18 heavy (non-hydrogen) atoms. The number of nitrogens with zero attached hydrogens (tertiary/aromatic N) is 1. The van der Waals surface area contributed by atoms with Gasteiger partial charge in [-0.3, -0.25) is 4.79 Å². The van der Waals surface area contributed by atoms with Gasteiger partial charge in [0.2, 0.25) is 0 Å². The van der Waals surface area contributed by atoms with Crippen LogP contribution in [0.3, 0.4) is 0 Å². The summed E-state index contributed by atoms with van der Waals surface area (Å²) in [5.74, 6) is 1.24. The van der Waals surface area contributed by atoms with Gasteiger partial charge in [-0.05, 0) is 18.3 Å². The van der Waals surface area contributed by atoms with Crippen LogP contribution in [-0.2, 0) is 12.2 Å². The van der Waals surface area contributed by atoms with Gasteiger partial charge in [0.15, 0.2) is 5.78 Å². The standard InChI is InChI=1S/C14H21NOS2/c1-5-9(2)17-8-12-15-10-6-14(3,4)7-11(16)13(10)18-12/h9H,5-8H2,1-4H3. The Hall–Kier alpha value is -0.350. The van der Waals surface area contributed by atoms with Gasteiger partial charge in [-0.15, -0.1) is 11.3 Å². The molecule has 0 aromatic carbocycles. The minimum atomic E-state index is 0.0826. The second kappa shape index (κ2) is 5.33. The largest absolute Gasteiger partial charge is 0.293 e.